The van der Waals surface area contributed by atoms with Gasteiger partial charge in [0, 0.05) is 6.07 Å². The lowest BCUT2D eigenvalue weighted by atomic mass is 10.1. The summed E-state index contributed by atoms with van der Waals surface area (Å²) in [4.78, 5) is 16.6. The number of amides is 1. The quantitative estimate of drug-likeness (QED) is 0.479. The second-order valence-corrected chi connectivity index (χ2v) is 7.86. The zero-order valence-electron chi connectivity index (χ0n) is 17.7. The molecule has 164 valence electrons. The smallest absolute Gasteiger partial charge is 0.283 e. The Morgan fingerprint density at radius 1 is 1.06 bits per heavy atom. The Balaban J connectivity index is 1.39. The number of fused-ring (bicyclic) bond motifs is 1. The summed E-state index contributed by atoms with van der Waals surface area (Å²) in [5, 5.41) is 15.4. The van der Waals surface area contributed by atoms with Crippen molar-refractivity contribution in [2.75, 3.05) is 20.3 Å². The molecule has 0 aliphatic carbocycles. The molecule has 1 amide bonds. The molecule has 2 aliphatic heterocycles. The van der Waals surface area contributed by atoms with Crippen LogP contribution in [0.1, 0.15) is 18.9 Å². The van der Waals surface area contributed by atoms with Crippen molar-refractivity contribution in [2.45, 2.75) is 13.3 Å². The SMILES string of the molecule is CCC1=NN2C(=N)/C(=C/c3cccc(OCCOc4cccc(OC)c4)c3)C(=O)N=C2S1. The fourth-order valence-corrected chi connectivity index (χ4v) is 3.87. The molecule has 2 aromatic carbocycles. The van der Waals surface area contributed by atoms with E-state index < -0.39 is 5.91 Å². The highest BCUT2D eigenvalue weighted by Gasteiger charge is 2.35. The van der Waals surface area contributed by atoms with Crippen LogP contribution in [0.3, 0.4) is 0 Å². The molecule has 8 nitrogen and oxygen atoms in total. The summed E-state index contributed by atoms with van der Waals surface area (Å²) in [6, 6.07) is 14.7. The van der Waals surface area contributed by atoms with Gasteiger partial charge in [-0.15, -0.1) is 0 Å². The van der Waals surface area contributed by atoms with Gasteiger partial charge in [0.05, 0.1) is 12.7 Å². The molecule has 0 saturated heterocycles. The first-order valence-electron chi connectivity index (χ1n) is 10.1. The number of ether oxygens (including phenoxy) is 3. The van der Waals surface area contributed by atoms with E-state index in [9.17, 15) is 4.79 Å². The Hall–Kier alpha value is -3.59. The largest absolute Gasteiger partial charge is 0.497 e. The van der Waals surface area contributed by atoms with Crippen molar-refractivity contribution < 1.29 is 19.0 Å². The van der Waals surface area contributed by atoms with Crippen molar-refractivity contribution in [3.63, 3.8) is 0 Å². The Kier molecular flexibility index (Phi) is 6.55. The van der Waals surface area contributed by atoms with E-state index in [1.165, 1.54) is 16.8 Å². The summed E-state index contributed by atoms with van der Waals surface area (Å²) >= 11 is 1.32. The number of hydrazone groups is 1. The molecule has 0 fully saturated rings. The summed E-state index contributed by atoms with van der Waals surface area (Å²) in [6.45, 7) is 2.68. The van der Waals surface area contributed by atoms with Gasteiger partial charge in [-0.05, 0) is 54.1 Å². The lowest BCUT2D eigenvalue weighted by molar-refractivity contribution is -0.114. The average molecular weight is 451 g/mol. The third-order valence-electron chi connectivity index (χ3n) is 4.63. The number of rotatable bonds is 8. The number of aliphatic imine (C=N–C) groups is 1. The zero-order valence-corrected chi connectivity index (χ0v) is 18.5. The predicted octanol–water partition coefficient (Wildman–Crippen LogP) is 4.18. The van der Waals surface area contributed by atoms with Gasteiger partial charge in [-0.25, -0.2) is 0 Å². The predicted molar refractivity (Wildman–Crippen MR) is 126 cm³/mol. The second kappa shape index (κ2) is 9.69. The van der Waals surface area contributed by atoms with Crippen molar-refractivity contribution >= 4 is 39.8 Å². The van der Waals surface area contributed by atoms with Crippen LogP contribution in [-0.2, 0) is 4.79 Å². The third-order valence-corrected chi connectivity index (χ3v) is 5.68. The van der Waals surface area contributed by atoms with E-state index in [0.29, 0.717) is 29.9 Å². The molecule has 0 atom stereocenters. The fraction of sp³-hybridized carbons (Fsp3) is 0.217. The first-order valence-corrected chi connectivity index (χ1v) is 10.9. The normalized spacial score (nSPS) is 16.6. The monoisotopic (exact) mass is 450 g/mol. The number of amidine groups is 2. The molecule has 0 aromatic heterocycles. The van der Waals surface area contributed by atoms with Crippen LogP contribution < -0.4 is 14.2 Å². The van der Waals surface area contributed by atoms with E-state index in [1.54, 1.807) is 19.3 Å². The molecular weight excluding hydrogens is 428 g/mol. The van der Waals surface area contributed by atoms with Crippen molar-refractivity contribution in [3.8, 4) is 17.2 Å². The van der Waals surface area contributed by atoms with E-state index >= 15 is 0 Å². The summed E-state index contributed by atoms with van der Waals surface area (Å²) in [7, 11) is 1.61. The number of methoxy groups -OCH3 is 1. The Morgan fingerprint density at radius 2 is 1.75 bits per heavy atom. The number of nitrogens with zero attached hydrogens (tertiary/aromatic N) is 3. The first-order chi connectivity index (χ1) is 15.6. The minimum atomic E-state index is -0.445. The first kappa shape index (κ1) is 21.6. The van der Waals surface area contributed by atoms with E-state index in [4.69, 9.17) is 19.6 Å². The van der Waals surface area contributed by atoms with Gasteiger partial charge in [-0.1, -0.05) is 25.1 Å². The number of hydrogen-bond donors (Lipinski definition) is 1. The Morgan fingerprint density at radius 3 is 2.47 bits per heavy atom. The molecule has 0 bridgehead atoms. The minimum absolute atomic E-state index is 0.0222. The van der Waals surface area contributed by atoms with E-state index in [-0.39, 0.29) is 11.4 Å². The molecular formula is C23H22N4O4S. The average Bonchev–Trinajstić information content (AvgIpc) is 3.23. The molecule has 9 heteroatoms. The lowest BCUT2D eigenvalue weighted by Crippen LogP contribution is -2.35. The van der Waals surface area contributed by atoms with Gasteiger partial charge in [0.1, 0.15) is 35.5 Å². The maximum Gasteiger partial charge on any atom is 0.283 e. The maximum absolute atomic E-state index is 12.5. The number of hydrogen-bond acceptors (Lipinski definition) is 7. The van der Waals surface area contributed by atoms with Crippen LogP contribution in [0.25, 0.3) is 6.08 Å². The van der Waals surface area contributed by atoms with Gasteiger partial charge in [0.2, 0.25) is 5.17 Å². The van der Waals surface area contributed by atoms with Crippen LogP contribution in [0.2, 0.25) is 0 Å². The van der Waals surface area contributed by atoms with Crippen molar-refractivity contribution in [1.29, 1.82) is 5.41 Å². The van der Waals surface area contributed by atoms with E-state index in [0.717, 1.165) is 22.8 Å². The fourth-order valence-electron chi connectivity index (χ4n) is 3.05. The Bertz CT molecular complexity index is 1140. The van der Waals surface area contributed by atoms with Crippen LogP contribution in [-0.4, -0.2) is 47.3 Å². The molecule has 0 radical (unpaired) electrons. The minimum Gasteiger partial charge on any atom is -0.497 e. The molecule has 0 unspecified atom stereocenters. The van der Waals surface area contributed by atoms with Gasteiger partial charge in [0.15, 0.2) is 5.84 Å². The number of carbonyl (C=O) groups excluding carboxylic acids is 1. The van der Waals surface area contributed by atoms with Crippen molar-refractivity contribution in [3.05, 3.63) is 59.7 Å². The number of nitrogens with one attached hydrogen (secondary N) is 1. The molecule has 0 saturated carbocycles. The topological polar surface area (TPSA) is 96.6 Å². The van der Waals surface area contributed by atoms with Gasteiger partial charge in [-0.3, -0.25) is 10.2 Å². The highest BCUT2D eigenvalue weighted by atomic mass is 32.2. The Labute approximate surface area is 190 Å². The van der Waals surface area contributed by atoms with Gasteiger partial charge in [-0.2, -0.15) is 15.1 Å². The number of thioether (sulfide) groups is 1. The van der Waals surface area contributed by atoms with Crippen molar-refractivity contribution in [1.82, 2.24) is 5.01 Å². The standard InChI is InChI=1S/C23H22N4O4S/c1-3-20-26-27-21(24)19(22(28)25-23(27)32-20)13-15-6-4-8-17(12-15)30-10-11-31-18-9-5-7-16(14-18)29-2/h4-9,12-14,24H,3,10-11H2,1-2H3/b19-13-,24-21?. The highest BCUT2D eigenvalue weighted by Crippen LogP contribution is 2.29. The molecule has 0 spiro atoms. The molecule has 2 heterocycles. The van der Waals surface area contributed by atoms with E-state index in [2.05, 4.69) is 10.1 Å². The lowest BCUT2D eigenvalue weighted by Gasteiger charge is -2.20. The summed E-state index contributed by atoms with van der Waals surface area (Å²) in [6.07, 6.45) is 2.36. The molecule has 2 aromatic rings. The molecule has 4 rings (SSSR count). The summed E-state index contributed by atoms with van der Waals surface area (Å²) < 4.78 is 16.6. The number of benzene rings is 2. The van der Waals surface area contributed by atoms with Crippen LogP contribution in [0.15, 0.2) is 64.2 Å². The maximum atomic E-state index is 12.5. The summed E-state index contributed by atoms with van der Waals surface area (Å²) in [5.41, 5.74) is 0.920. The molecule has 2 aliphatic rings. The third kappa shape index (κ3) is 4.83. The van der Waals surface area contributed by atoms with Gasteiger partial charge in [0.25, 0.3) is 5.91 Å². The van der Waals surface area contributed by atoms with Crippen LogP contribution in [0.5, 0.6) is 17.2 Å². The van der Waals surface area contributed by atoms with Crippen LogP contribution >= 0.6 is 11.8 Å². The number of carbonyl (C=O) groups is 1. The molecule has 32 heavy (non-hydrogen) atoms. The van der Waals surface area contributed by atoms with Crippen LogP contribution in [0.4, 0.5) is 0 Å². The van der Waals surface area contributed by atoms with Gasteiger partial charge < -0.3 is 14.2 Å². The summed E-state index contributed by atoms with van der Waals surface area (Å²) in [5.74, 6) is 1.64. The van der Waals surface area contributed by atoms with Crippen molar-refractivity contribution in [2.24, 2.45) is 10.1 Å². The van der Waals surface area contributed by atoms with Gasteiger partial charge >= 0.3 is 0 Å². The zero-order chi connectivity index (χ0) is 22.5. The highest BCUT2D eigenvalue weighted by molar-refractivity contribution is 8.26. The van der Waals surface area contributed by atoms with Crippen LogP contribution in [0, 0.1) is 5.41 Å². The van der Waals surface area contributed by atoms with E-state index in [1.807, 2.05) is 49.4 Å². The molecule has 1 N–H and O–H groups in total. The second-order valence-electron chi connectivity index (χ2n) is 6.82.